The zero-order valence-electron chi connectivity index (χ0n) is 18.3. The lowest BCUT2D eigenvalue weighted by molar-refractivity contribution is 0.102. The van der Waals surface area contributed by atoms with E-state index in [1.165, 1.54) is 13.0 Å². The van der Waals surface area contributed by atoms with E-state index in [0.29, 0.717) is 0 Å². The van der Waals surface area contributed by atoms with Gasteiger partial charge in [-0.05, 0) is 56.6 Å². The summed E-state index contributed by atoms with van der Waals surface area (Å²) in [5.74, 6) is -1.83. The minimum absolute atomic E-state index is 0.00121. The van der Waals surface area contributed by atoms with Gasteiger partial charge in [-0.15, -0.1) is 0 Å². The average Bonchev–Trinajstić information content (AvgIpc) is 2.73. The van der Waals surface area contributed by atoms with E-state index in [4.69, 9.17) is 0 Å². The number of aromatic nitrogens is 2. The molecule has 0 aliphatic rings. The molecule has 1 heterocycles. The number of halogens is 2. The van der Waals surface area contributed by atoms with Gasteiger partial charge in [0, 0.05) is 5.56 Å². The molecule has 0 aliphatic heterocycles. The number of rotatable bonds is 9. The second-order valence-electron chi connectivity index (χ2n) is 6.78. The minimum atomic E-state index is -1.18. The van der Waals surface area contributed by atoms with E-state index in [1.807, 2.05) is 6.07 Å². The Kier molecular flexibility index (Phi) is 9.83. The third kappa shape index (κ3) is 6.80. The van der Waals surface area contributed by atoms with E-state index in [-0.39, 0.29) is 47.4 Å². The van der Waals surface area contributed by atoms with Crippen LogP contribution >= 0.6 is 0 Å². The zero-order chi connectivity index (χ0) is 24.4. The highest BCUT2D eigenvalue weighted by Gasteiger charge is 2.22. The van der Waals surface area contributed by atoms with E-state index in [1.54, 1.807) is 32.9 Å². The molecule has 0 saturated heterocycles. The van der Waals surface area contributed by atoms with Gasteiger partial charge in [0.25, 0.3) is 5.56 Å². The van der Waals surface area contributed by atoms with Gasteiger partial charge >= 0.3 is 5.69 Å². The molecule has 0 aromatic carbocycles. The Labute approximate surface area is 184 Å². The third-order valence-electron chi connectivity index (χ3n) is 4.42. The molecular weight excluding hydrogens is 418 g/mol. The molecule has 0 atom stereocenters. The number of carbonyl (C=O) groups excluding carboxylic acids is 1. The first-order valence-corrected chi connectivity index (χ1v) is 9.60. The third-order valence-corrected chi connectivity index (χ3v) is 4.42. The lowest BCUT2D eigenvalue weighted by Crippen LogP contribution is -2.37. The normalized spacial score (nSPS) is 13.4. The maximum Gasteiger partial charge on any atom is 0.329 e. The maximum atomic E-state index is 13.5. The van der Waals surface area contributed by atoms with Gasteiger partial charge in [-0.25, -0.2) is 4.79 Å². The predicted octanol–water partition coefficient (Wildman–Crippen LogP) is 4.01. The predicted molar refractivity (Wildman–Crippen MR) is 120 cm³/mol. The summed E-state index contributed by atoms with van der Waals surface area (Å²) in [7, 11) is 0. The molecule has 32 heavy (non-hydrogen) atoms. The highest BCUT2D eigenvalue weighted by atomic mass is 19.1. The second kappa shape index (κ2) is 12.1. The van der Waals surface area contributed by atoms with Crippen LogP contribution < -0.4 is 11.2 Å². The summed E-state index contributed by atoms with van der Waals surface area (Å²) in [5, 5.41) is 9.36. The number of nitrogens with zero attached hydrogens (tertiary/aromatic N) is 3. The first-order valence-electron chi connectivity index (χ1n) is 9.60. The van der Waals surface area contributed by atoms with Crippen LogP contribution in [0.2, 0.25) is 0 Å². The number of allylic oxidation sites excluding steroid dienone is 8. The topological polar surface area (TPSA) is 108 Å². The van der Waals surface area contributed by atoms with E-state index in [2.05, 4.69) is 16.6 Å². The number of nitrogens with one attached hydrogen (secondary N) is 1. The fourth-order valence-corrected chi connectivity index (χ4v) is 2.77. The fourth-order valence-electron chi connectivity index (χ4n) is 2.77. The van der Waals surface area contributed by atoms with Crippen molar-refractivity contribution in [1.29, 1.82) is 5.26 Å². The number of hydrogen-bond acceptors (Lipinski definition) is 5. The van der Waals surface area contributed by atoms with Crippen molar-refractivity contribution in [2.75, 3.05) is 0 Å². The van der Waals surface area contributed by atoms with Gasteiger partial charge in [0.05, 0.1) is 18.2 Å². The van der Waals surface area contributed by atoms with E-state index >= 15 is 0 Å². The summed E-state index contributed by atoms with van der Waals surface area (Å²) >= 11 is 0. The molecule has 1 N–H and O–H groups in total. The van der Waals surface area contributed by atoms with Gasteiger partial charge in [0.2, 0.25) is 11.7 Å². The Balaban J connectivity index is 3.67. The molecule has 7 nitrogen and oxygen atoms in total. The molecular formula is C23H24F2N4O3. The van der Waals surface area contributed by atoms with Crippen LogP contribution in [0.1, 0.15) is 43.7 Å². The van der Waals surface area contributed by atoms with Crippen molar-refractivity contribution in [2.24, 2.45) is 4.99 Å². The molecule has 1 aromatic heterocycles. The van der Waals surface area contributed by atoms with Gasteiger partial charge < -0.3 is 0 Å². The summed E-state index contributed by atoms with van der Waals surface area (Å²) in [6.07, 6.45) is 5.66. The molecule has 0 unspecified atom stereocenters. The average molecular weight is 442 g/mol. The van der Waals surface area contributed by atoms with Crippen LogP contribution in [0, 0.1) is 11.3 Å². The van der Waals surface area contributed by atoms with Crippen LogP contribution in [0.4, 0.5) is 8.78 Å². The molecule has 1 rings (SSSR count). The van der Waals surface area contributed by atoms with Crippen LogP contribution in [-0.4, -0.2) is 21.8 Å². The summed E-state index contributed by atoms with van der Waals surface area (Å²) in [6.45, 7) is 9.68. The molecule has 0 radical (unpaired) electrons. The zero-order valence-corrected chi connectivity index (χ0v) is 18.3. The molecule has 1 aromatic rings. The van der Waals surface area contributed by atoms with E-state index in [9.17, 15) is 28.4 Å². The molecule has 0 bridgehead atoms. The van der Waals surface area contributed by atoms with Crippen LogP contribution in [0.5, 0.6) is 0 Å². The monoisotopic (exact) mass is 442 g/mol. The van der Waals surface area contributed by atoms with Crippen LogP contribution in [0.15, 0.2) is 73.7 Å². The molecule has 0 aliphatic carbocycles. The van der Waals surface area contributed by atoms with E-state index in [0.717, 1.165) is 16.2 Å². The Bertz CT molecular complexity index is 1220. The van der Waals surface area contributed by atoms with Gasteiger partial charge in [-0.1, -0.05) is 25.2 Å². The highest BCUT2D eigenvalue weighted by Crippen LogP contribution is 2.15. The Hall–Kier alpha value is -3.93. The van der Waals surface area contributed by atoms with Gasteiger partial charge in [-0.2, -0.15) is 19.0 Å². The minimum Gasteiger partial charge on any atom is -0.287 e. The SMILES string of the molecule is C=C(/C=C(F)\N=C\F)Cn1c(C(=O)/C(C)=C/C(C#N)=C\C(C)=C/C)c(CC)c(=O)[nH]c1=O. The molecule has 0 spiro atoms. The second-order valence-corrected chi connectivity index (χ2v) is 6.78. The Morgan fingerprint density at radius 1 is 1.28 bits per heavy atom. The lowest BCUT2D eigenvalue weighted by Gasteiger charge is -2.15. The number of aromatic amines is 1. The maximum absolute atomic E-state index is 13.5. The Morgan fingerprint density at radius 3 is 2.47 bits per heavy atom. The molecule has 9 heteroatoms. The standard InChI is InChI=1S/C23H24F2N4O3/c1-6-14(3)8-17(11-26)10-16(5)21(30)20-18(7-2)22(31)28-23(32)29(20)12-15(4)9-19(25)27-13-24/h6,8-10,13H,4,7,12H2,1-3,5H3,(H,28,31,32)/b14-6-,16-10+,17-8+,19-9-,27-13+. The van der Waals surface area contributed by atoms with Gasteiger partial charge in [0.15, 0.2) is 6.47 Å². The van der Waals surface area contributed by atoms with Crippen molar-refractivity contribution < 1.29 is 13.6 Å². The van der Waals surface area contributed by atoms with E-state index < -0.39 is 23.0 Å². The Morgan fingerprint density at radius 2 is 1.94 bits per heavy atom. The van der Waals surface area contributed by atoms with Crippen molar-refractivity contribution in [1.82, 2.24) is 9.55 Å². The number of Topliss-reactive ketones (excluding diaryl/α,β-unsaturated/α-hetero) is 1. The van der Waals surface area contributed by atoms with Crippen molar-refractivity contribution in [3.63, 3.8) is 0 Å². The number of ketones is 1. The van der Waals surface area contributed by atoms with Crippen molar-refractivity contribution >= 4 is 12.3 Å². The first-order chi connectivity index (χ1) is 15.1. The summed E-state index contributed by atoms with van der Waals surface area (Å²) in [5.41, 5.74) is -0.630. The fraction of sp³-hybridized carbons (Fsp3) is 0.261. The number of carbonyl (C=O) groups is 1. The highest BCUT2D eigenvalue weighted by molar-refractivity contribution is 6.08. The molecule has 0 amide bonds. The van der Waals surface area contributed by atoms with Gasteiger partial charge in [-0.3, -0.25) is 19.1 Å². The van der Waals surface area contributed by atoms with Crippen molar-refractivity contribution in [3.8, 4) is 6.07 Å². The quantitative estimate of drug-likeness (QED) is 0.156. The summed E-state index contributed by atoms with van der Waals surface area (Å²) in [4.78, 5) is 43.0. The number of aliphatic imine (C=N–C) groups is 1. The summed E-state index contributed by atoms with van der Waals surface area (Å²) < 4.78 is 26.5. The largest absolute Gasteiger partial charge is 0.329 e. The van der Waals surface area contributed by atoms with Crippen LogP contribution in [0.3, 0.4) is 0 Å². The number of H-pyrrole nitrogens is 1. The van der Waals surface area contributed by atoms with Crippen molar-refractivity contribution in [3.05, 3.63) is 91.2 Å². The summed E-state index contributed by atoms with van der Waals surface area (Å²) in [6, 6.07) is 1.98. The van der Waals surface area contributed by atoms with Gasteiger partial charge in [0.1, 0.15) is 5.69 Å². The van der Waals surface area contributed by atoms with Crippen LogP contribution in [0.25, 0.3) is 0 Å². The smallest absolute Gasteiger partial charge is 0.287 e. The lowest BCUT2D eigenvalue weighted by atomic mass is 10.0. The van der Waals surface area contributed by atoms with Crippen molar-refractivity contribution in [2.45, 2.75) is 40.7 Å². The molecule has 0 saturated carbocycles. The molecule has 0 fully saturated rings. The number of hydrogen-bond donors (Lipinski definition) is 1. The first kappa shape index (κ1) is 26.1. The number of nitriles is 1. The molecule has 168 valence electrons. The van der Waals surface area contributed by atoms with Crippen LogP contribution in [-0.2, 0) is 13.0 Å².